The number of nitrogens with zero attached hydrogens (tertiary/aromatic N) is 4. The number of pyridine rings is 1. The first-order valence-corrected chi connectivity index (χ1v) is 10.9. The van der Waals surface area contributed by atoms with E-state index in [2.05, 4.69) is 80.8 Å². The van der Waals surface area contributed by atoms with Crippen molar-refractivity contribution in [2.24, 2.45) is 0 Å². The lowest BCUT2D eigenvalue weighted by atomic mass is 10.1. The lowest BCUT2D eigenvalue weighted by Crippen LogP contribution is -2.44. The average Bonchev–Trinajstić information content (AvgIpc) is 3.22. The maximum atomic E-state index is 4.49. The van der Waals surface area contributed by atoms with E-state index in [1.165, 1.54) is 5.69 Å². The highest BCUT2D eigenvalue weighted by Gasteiger charge is 2.15. The molecule has 3 heterocycles. The van der Waals surface area contributed by atoms with Gasteiger partial charge in [0, 0.05) is 49.3 Å². The van der Waals surface area contributed by atoms with Crippen LogP contribution in [0.3, 0.4) is 0 Å². The molecule has 1 aliphatic rings. The van der Waals surface area contributed by atoms with Crippen LogP contribution >= 0.6 is 0 Å². The number of likely N-dealkylation sites (N-methyl/N-ethyl adjacent to an activating group) is 1. The van der Waals surface area contributed by atoms with Crippen molar-refractivity contribution in [3.63, 3.8) is 0 Å². The Morgan fingerprint density at radius 3 is 2.56 bits per heavy atom. The smallest absolute Gasteiger partial charge is 0.183 e. The summed E-state index contributed by atoms with van der Waals surface area (Å²) in [5.74, 6) is 0.775. The van der Waals surface area contributed by atoms with Gasteiger partial charge in [-0.1, -0.05) is 49.6 Å². The molecule has 0 spiro atoms. The van der Waals surface area contributed by atoms with Gasteiger partial charge in [-0.2, -0.15) is 5.10 Å². The lowest BCUT2D eigenvalue weighted by Gasteiger charge is -2.34. The number of rotatable bonds is 7. The highest BCUT2D eigenvalue weighted by atomic mass is 15.2. The number of aromatic amines is 1. The van der Waals surface area contributed by atoms with E-state index in [9.17, 15) is 0 Å². The molecular formula is C26H30N6. The Hall–Kier alpha value is -3.64. The van der Waals surface area contributed by atoms with Crippen molar-refractivity contribution in [3.8, 4) is 0 Å². The number of hydrogen-bond donors (Lipinski definition) is 2. The van der Waals surface area contributed by atoms with Crippen LogP contribution in [0.2, 0.25) is 0 Å². The highest BCUT2D eigenvalue weighted by Crippen LogP contribution is 2.27. The predicted octanol–water partition coefficient (Wildman–Crippen LogP) is 4.94. The summed E-state index contributed by atoms with van der Waals surface area (Å²) < 4.78 is 0. The van der Waals surface area contributed by atoms with Crippen LogP contribution in [-0.4, -0.2) is 53.3 Å². The average molecular weight is 427 g/mol. The Bertz CT molecular complexity index is 1160. The summed E-state index contributed by atoms with van der Waals surface area (Å²) in [6.07, 6.45) is 9.64. The summed E-state index contributed by atoms with van der Waals surface area (Å²) in [5, 5.41) is 11.7. The van der Waals surface area contributed by atoms with E-state index in [0.29, 0.717) is 5.65 Å². The monoisotopic (exact) mass is 426 g/mol. The molecule has 0 atom stereocenters. The number of aromatic nitrogens is 3. The van der Waals surface area contributed by atoms with Gasteiger partial charge in [-0.05, 0) is 43.3 Å². The Labute approximate surface area is 189 Å². The first kappa shape index (κ1) is 21.6. The van der Waals surface area contributed by atoms with E-state index in [1.54, 1.807) is 0 Å². The zero-order valence-corrected chi connectivity index (χ0v) is 18.8. The van der Waals surface area contributed by atoms with Crippen LogP contribution in [0.5, 0.6) is 0 Å². The Morgan fingerprint density at radius 1 is 1.12 bits per heavy atom. The zero-order chi connectivity index (χ0) is 22.5. The zero-order valence-electron chi connectivity index (χ0n) is 18.8. The molecule has 6 heteroatoms. The molecule has 1 aromatic carbocycles. The van der Waals surface area contributed by atoms with Gasteiger partial charge < -0.3 is 15.1 Å². The van der Waals surface area contributed by atoms with Gasteiger partial charge in [-0.3, -0.25) is 5.10 Å². The number of benzene rings is 1. The standard InChI is InChI=1S/C26H30N6/c1-5-7-8-20(6-2)22-17-24-25(27-18-22)29-30-26(24)28-19(3)21-9-11-23(12-10-21)32-15-13-31(4)14-16-32/h5-12,17-18H,2-3,13-16H2,1,4H3,(H2,27,28,29,30)/b7-5-,20-8+. The largest absolute Gasteiger partial charge is 0.369 e. The number of piperazine rings is 1. The molecule has 32 heavy (non-hydrogen) atoms. The minimum Gasteiger partial charge on any atom is -0.369 e. The Kier molecular flexibility index (Phi) is 6.52. The Morgan fingerprint density at radius 2 is 1.88 bits per heavy atom. The van der Waals surface area contributed by atoms with Crippen LogP contribution in [0.25, 0.3) is 22.3 Å². The van der Waals surface area contributed by atoms with Gasteiger partial charge in [0.05, 0.1) is 5.39 Å². The van der Waals surface area contributed by atoms with Crippen molar-refractivity contribution in [1.82, 2.24) is 20.1 Å². The summed E-state index contributed by atoms with van der Waals surface area (Å²) in [6.45, 7) is 14.4. The fourth-order valence-electron chi connectivity index (χ4n) is 3.80. The van der Waals surface area contributed by atoms with Gasteiger partial charge in [0.15, 0.2) is 5.65 Å². The molecule has 3 aromatic rings. The van der Waals surface area contributed by atoms with Crippen LogP contribution < -0.4 is 10.2 Å². The van der Waals surface area contributed by atoms with Gasteiger partial charge in [0.2, 0.25) is 0 Å². The molecule has 4 rings (SSSR count). The molecular weight excluding hydrogens is 396 g/mol. The van der Waals surface area contributed by atoms with E-state index in [-0.39, 0.29) is 0 Å². The van der Waals surface area contributed by atoms with Gasteiger partial charge in [0.1, 0.15) is 5.82 Å². The summed E-state index contributed by atoms with van der Waals surface area (Å²) >= 11 is 0. The second-order valence-corrected chi connectivity index (χ2v) is 7.99. The summed E-state index contributed by atoms with van der Waals surface area (Å²) in [7, 11) is 2.17. The maximum absolute atomic E-state index is 4.49. The SMILES string of the molecule is C=C/C(=C\C=C/C)c1cnc2n[nH]c(NC(=C)c3ccc(N4CCN(C)CC4)cc3)c2c1. The van der Waals surface area contributed by atoms with Crippen molar-refractivity contribution < 1.29 is 0 Å². The van der Waals surface area contributed by atoms with E-state index in [1.807, 2.05) is 37.4 Å². The van der Waals surface area contributed by atoms with Crippen LogP contribution in [0.1, 0.15) is 18.1 Å². The minimum atomic E-state index is 0.656. The molecule has 164 valence electrons. The summed E-state index contributed by atoms with van der Waals surface area (Å²) in [6, 6.07) is 10.6. The number of anilines is 2. The third kappa shape index (κ3) is 4.65. The van der Waals surface area contributed by atoms with E-state index >= 15 is 0 Å². The first-order chi connectivity index (χ1) is 15.6. The first-order valence-electron chi connectivity index (χ1n) is 10.9. The van der Waals surface area contributed by atoms with Crippen molar-refractivity contribution in [2.45, 2.75) is 6.92 Å². The molecule has 2 aromatic heterocycles. The Balaban J connectivity index is 1.52. The number of fused-ring (bicyclic) bond motifs is 1. The molecule has 1 aliphatic heterocycles. The molecule has 6 nitrogen and oxygen atoms in total. The molecule has 0 amide bonds. The van der Waals surface area contributed by atoms with Crippen LogP contribution in [0, 0.1) is 0 Å². The summed E-state index contributed by atoms with van der Waals surface area (Å²) in [4.78, 5) is 9.28. The van der Waals surface area contributed by atoms with Crippen LogP contribution in [0.4, 0.5) is 11.5 Å². The highest BCUT2D eigenvalue weighted by molar-refractivity contribution is 5.94. The van der Waals surface area contributed by atoms with E-state index in [0.717, 1.165) is 59.8 Å². The third-order valence-electron chi connectivity index (χ3n) is 5.79. The molecule has 0 bridgehead atoms. The molecule has 1 saturated heterocycles. The van der Waals surface area contributed by atoms with Crippen LogP contribution in [0.15, 0.2) is 74.0 Å². The van der Waals surface area contributed by atoms with Crippen LogP contribution in [-0.2, 0) is 0 Å². The fourth-order valence-corrected chi connectivity index (χ4v) is 3.80. The second kappa shape index (κ2) is 9.66. The predicted molar refractivity (Wildman–Crippen MR) is 136 cm³/mol. The summed E-state index contributed by atoms with van der Waals surface area (Å²) in [5.41, 5.74) is 5.73. The molecule has 0 saturated carbocycles. The van der Waals surface area contributed by atoms with Gasteiger partial charge in [-0.15, -0.1) is 0 Å². The normalized spacial score (nSPS) is 15.4. The number of H-pyrrole nitrogens is 1. The number of hydrogen-bond acceptors (Lipinski definition) is 5. The van der Waals surface area contributed by atoms with Gasteiger partial charge in [0.25, 0.3) is 0 Å². The topological polar surface area (TPSA) is 60.1 Å². The van der Waals surface area contributed by atoms with Crippen molar-refractivity contribution in [2.75, 3.05) is 43.4 Å². The van der Waals surface area contributed by atoms with Gasteiger partial charge >= 0.3 is 0 Å². The van der Waals surface area contributed by atoms with E-state index in [4.69, 9.17) is 0 Å². The maximum Gasteiger partial charge on any atom is 0.183 e. The van der Waals surface area contributed by atoms with Crippen molar-refractivity contribution >= 4 is 33.8 Å². The molecule has 0 unspecified atom stereocenters. The van der Waals surface area contributed by atoms with Crippen molar-refractivity contribution in [1.29, 1.82) is 0 Å². The lowest BCUT2D eigenvalue weighted by molar-refractivity contribution is 0.313. The van der Waals surface area contributed by atoms with Crippen molar-refractivity contribution in [3.05, 3.63) is 85.1 Å². The minimum absolute atomic E-state index is 0.656. The molecule has 2 N–H and O–H groups in total. The molecule has 0 radical (unpaired) electrons. The van der Waals surface area contributed by atoms with Gasteiger partial charge in [-0.25, -0.2) is 4.98 Å². The second-order valence-electron chi connectivity index (χ2n) is 7.99. The van der Waals surface area contributed by atoms with E-state index < -0.39 is 0 Å². The molecule has 1 fully saturated rings. The number of nitrogens with one attached hydrogen (secondary N) is 2. The quantitative estimate of drug-likeness (QED) is 0.524. The fraction of sp³-hybridized carbons (Fsp3) is 0.231. The molecule has 0 aliphatic carbocycles. The third-order valence-corrected chi connectivity index (χ3v) is 5.79. The number of allylic oxidation sites excluding steroid dienone is 5.